The second kappa shape index (κ2) is 8.22. The zero-order valence-electron chi connectivity index (χ0n) is 17.3. The van der Waals surface area contributed by atoms with Gasteiger partial charge in [0.25, 0.3) is 5.91 Å². The Hall–Kier alpha value is -3.91. The molecule has 0 aliphatic rings. The van der Waals surface area contributed by atoms with E-state index in [0.717, 1.165) is 5.56 Å². The number of fused-ring (bicyclic) bond motifs is 3. The summed E-state index contributed by atoms with van der Waals surface area (Å²) in [4.78, 5) is 20.5. The van der Waals surface area contributed by atoms with Gasteiger partial charge in [-0.2, -0.15) is 0 Å². The first-order chi connectivity index (χ1) is 15.9. The molecular weight excluding hydrogens is 450 g/mol. The molecular formula is C24H17ClF2N4O2. The van der Waals surface area contributed by atoms with Crippen molar-refractivity contribution in [3.8, 4) is 0 Å². The Morgan fingerprint density at radius 2 is 1.94 bits per heavy atom. The molecule has 0 fully saturated rings. The SMILES string of the molecule is Cc1cc2c(o1)c(C(=O)NCc1ccc(F)cc1)cc1nc(Nc3c(F)cccc3Cl)[nH]c12. The molecule has 3 N–H and O–H groups in total. The number of anilines is 2. The number of aryl methyl sites for hydroxylation is 1. The van der Waals surface area contributed by atoms with Crippen LogP contribution in [0.2, 0.25) is 5.02 Å². The van der Waals surface area contributed by atoms with Crippen LogP contribution in [0, 0.1) is 18.6 Å². The lowest BCUT2D eigenvalue weighted by molar-refractivity contribution is 0.0951. The second-order valence-electron chi connectivity index (χ2n) is 7.53. The van der Waals surface area contributed by atoms with Gasteiger partial charge in [-0.05, 0) is 48.9 Å². The van der Waals surface area contributed by atoms with E-state index in [0.29, 0.717) is 33.3 Å². The molecule has 9 heteroatoms. The third-order valence-electron chi connectivity index (χ3n) is 5.20. The number of furan rings is 1. The molecule has 2 heterocycles. The number of carbonyl (C=O) groups is 1. The topological polar surface area (TPSA) is 82.9 Å². The maximum absolute atomic E-state index is 14.2. The summed E-state index contributed by atoms with van der Waals surface area (Å²) < 4.78 is 33.1. The van der Waals surface area contributed by atoms with Crippen LogP contribution in [-0.2, 0) is 6.54 Å². The van der Waals surface area contributed by atoms with Crippen LogP contribution < -0.4 is 10.6 Å². The zero-order chi connectivity index (χ0) is 23.1. The molecule has 0 unspecified atom stereocenters. The summed E-state index contributed by atoms with van der Waals surface area (Å²) in [7, 11) is 0. The highest BCUT2D eigenvalue weighted by molar-refractivity contribution is 6.33. The Kier molecular flexibility index (Phi) is 5.22. The van der Waals surface area contributed by atoms with Crippen molar-refractivity contribution < 1.29 is 18.0 Å². The summed E-state index contributed by atoms with van der Waals surface area (Å²) in [5.41, 5.74) is 2.67. The molecule has 0 radical (unpaired) electrons. The highest BCUT2D eigenvalue weighted by Gasteiger charge is 2.20. The molecule has 1 amide bonds. The number of rotatable bonds is 5. The Bertz CT molecular complexity index is 1490. The average Bonchev–Trinajstić information content (AvgIpc) is 3.37. The number of benzene rings is 3. The van der Waals surface area contributed by atoms with E-state index >= 15 is 0 Å². The third kappa shape index (κ3) is 4.01. The zero-order valence-corrected chi connectivity index (χ0v) is 18.1. The van der Waals surface area contributed by atoms with E-state index in [9.17, 15) is 13.6 Å². The number of nitrogens with zero attached hydrogens (tertiary/aromatic N) is 1. The Balaban J connectivity index is 1.51. The smallest absolute Gasteiger partial charge is 0.255 e. The minimum atomic E-state index is -0.520. The molecule has 0 aliphatic carbocycles. The molecule has 33 heavy (non-hydrogen) atoms. The molecule has 5 rings (SSSR count). The normalized spacial score (nSPS) is 11.3. The standard InChI is InChI=1S/C24H17ClF2N4O2/c1-12-9-15-20-19(29-24(30-20)31-21-17(25)3-2-4-18(21)27)10-16(22(15)33-12)23(32)28-11-13-5-7-14(26)8-6-13/h2-10H,11H2,1H3,(H,28,32)(H2,29,30,31). The Labute approximate surface area is 191 Å². The van der Waals surface area contributed by atoms with Crippen molar-refractivity contribution in [3.63, 3.8) is 0 Å². The predicted octanol–water partition coefficient (Wildman–Crippen LogP) is 6.22. The maximum Gasteiger partial charge on any atom is 0.255 e. The summed E-state index contributed by atoms with van der Waals surface area (Å²) in [6, 6.07) is 13.6. The van der Waals surface area contributed by atoms with E-state index in [4.69, 9.17) is 16.0 Å². The quantitative estimate of drug-likeness (QED) is 0.287. The number of aromatic nitrogens is 2. The van der Waals surface area contributed by atoms with Gasteiger partial charge in [0.2, 0.25) is 5.95 Å². The summed E-state index contributed by atoms with van der Waals surface area (Å²) in [5.74, 6) is -0.348. The molecule has 0 aliphatic heterocycles. The van der Waals surface area contributed by atoms with Crippen molar-refractivity contribution in [1.29, 1.82) is 0 Å². The molecule has 5 aromatic rings. The minimum Gasteiger partial charge on any atom is -0.460 e. The number of hydrogen-bond acceptors (Lipinski definition) is 4. The molecule has 0 saturated carbocycles. The first-order valence-electron chi connectivity index (χ1n) is 10.1. The van der Waals surface area contributed by atoms with Crippen LogP contribution in [0.15, 0.2) is 59.0 Å². The van der Waals surface area contributed by atoms with E-state index in [1.807, 2.05) is 0 Å². The van der Waals surface area contributed by atoms with Gasteiger partial charge in [-0.1, -0.05) is 29.8 Å². The van der Waals surface area contributed by atoms with Crippen LogP contribution in [0.25, 0.3) is 22.0 Å². The molecule has 166 valence electrons. The Morgan fingerprint density at radius 1 is 1.15 bits per heavy atom. The predicted molar refractivity (Wildman–Crippen MR) is 123 cm³/mol. The number of amides is 1. The van der Waals surface area contributed by atoms with E-state index in [2.05, 4.69) is 20.6 Å². The number of imidazole rings is 1. The fourth-order valence-electron chi connectivity index (χ4n) is 3.64. The van der Waals surface area contributed by atoms with Crippen molar-refractivity contribution in [2.24, 2.45) is 0 Å². The number of nitrogens with one attached hydrogen (secondary N) is 3. The fourth-order valence-corrected chi connectivity index (χ4v) is 3.85. The number of halogens is 3. The van der Waals surface area contributed by atoms with E-state index in [1.54, 1.807) is 37.3 Å². The van der Waals surface area contributed by atoms with Gasteiger partial charge in [0.15, 0.2) is 0 Å². The van der Waals surface area contributed by atoms with Gasteiger partial charge in [0.05, 0.1) is 27.3 Å². The van der Waals surface area contributed by atoms with Gasteiger partial charge < -0.3 is 20.0 Å². The number of para-hydroxylation sites is 1. The summed E-state index contributed by atoms with van der Waals surface area (Å²) in [6.45, 7) is 2.00. The lowest BCUT2D eigenvalue weighted by Crippen LogP contribution is -2.23. The van der Waals surface area contributed by atoms with Crippen LogP contribution in [0.5, 0.6) is 0 Å². The van der Waals surface area contributed by atoms with Crippen molar-refractivity contribution in [2.75, 3.05) is 5.32 Å². The monoisotopic (exact) mass is 466 g/mol. The molecule has 0 saturated heterocycles. The van der Waals surface area contributed by atoms with Crippen molar-refractivity contribution in [3.05, 3.63) is 88.1 Å². The number of carbonyl (C=O) groups excluding carboxylic acids is 1. The third-order valence-corrected chi connectivity index (χ3v) is 5.51. The maximum atomic E-state index is 14.2. The van der Waals surface area contributed by atoms with Gasteiger partial charge in [-0.15, -0.1) is 0 Å². The van der Waals surface area contributed by atoms with Crippen LogP contribution in [0.4, 0.5) is 20.4 Å². The van der Waals surface area contributed by atoms with E-state index in [1.165, 1.54) is 24.3 Å². The van der Waals surface area contributed by atoms with Crippen molar-refractivity contribution in [2.45, 2.75) is 13.5 Å². The van der Waals surface area contributed by atoms with Crippen LogP contribution in [-0.4, -0.2) is 15.9 Å². The van der Waals surface area contributed by atoms with Crippen LogP contribution >= 0.6 is 11.6 Å². The van der Waals surface area contributed by atoms with Crippen LogP contribution in [0.1, 0.15) is 21.7 Å². The van der Waals surface area contributed by atoms with Gasteiger partial charge in [0.1, 0.15) is 23.0 Å². The molecule has 6 nitrogen and oxygen atoms in total. The molecule has 3 aromatic carbocycles. The molecule has 0 atom stereocenters. The van der Waals surface area contributed by atoms with Crippen molar-refractivity contribution >= 4 is 51.1 Å². The highest BCUT2D eigenvalue weighted by atomic mass is 35.5. The first kappa shape index (κ1) is 21.0. The molecule has 0 bridgehead atoms. The number of aromatic amines is 1. The summed E-state index contributed by atoms with van der Waals surface area (Å²) in [5, 5.41) is 6.56. The lowest BCUT2D eigenvalue weighted by Gasteiger charge is -2.06. The highest BCUT2D eigenvalue weighted by Crippen LogP contribution is 2.33. The second-order valence-corrected chi connectivity index (χ2v) is 7.94. The van der Waals surface area contributed by atoms with Gasteiger partial charge >= 0.3 is 0 Å². The summed E-state index contributed by atoms with van der Waals surface area (Å²) in [6.07, 6.45) is 0. The van der Waals surface area contributed by atoms with Gasteiger partial charge in [0, 0.05) is 11.9 Å². The molecule has 0 spiro atoms. The average molecular weight is 467 g/mol. The van der Waals surface area contributed by atoms with E-state index in [-0.39, 0.29) is 34.9 Å². The van der Waals surface area contributed by atoms with Gasteiger partial charge in [-0.25, -0.2) is 13.8 Å². The first-order valence-corrected chi connectivity index (χ1v) is 10.4. The number of hydrogen-bond donors (Lipinski definition) is 3. The summed E-state index contributed by atoms with van der Waals surface area (Å²) >= 11 is 6.10. The Morgan fingerprint density at radius 3 is 2.70 bits per heavy atom. The lowest BCUT2D eigenvalue weighted by atomic mass is 10.1. The number of H-pyrrole nitrogens is 1. The fraction of sp³-hybridized carbons (Fsp3) is 0.0833. The van der Waals surface area contributed by atoms with Gasteiger partial charge in [-0.3, -0.25) is 4.79 Å². The molecule has 2 aromatic heterocycles. The van der Waals surface area contributed by atoms with Crippen molar-refractivity contribution in [1.82, 2.24) is 15.3 Å². The van der Waals surface area contributed by atoms with Crippen LogP contribution in [0.3, 0.4) is 0 Å². The largest absolute Gasteiger partial charge is 0.460 e. The minimum absolute atomic E-state index is 0.0927. The van der Waals surface area contributed by atoms with E-state index < -0.39 is 5.82 Å².